The highest BCUT2D eigenvalue weighted by Crippen LogP contribution is 2.30. The number of ether oxygens (including phenoxy) is 1. The topological polar surface area (TPSA) is 24.5 Å². The maximum absolute atomic E-state index is 6.13. The van der Waals surface area contributed by atoms with E-state index in [1.165, 1.54) is 12.1 Å². The minimum atomic E-state index is 0.397. The van der Waals surface area contributed by atoms with E-state index in [2.05, 4.69) is 37.3 Å². The van der Waals surface area contributed by atoms with Gasteiger partial charge >= 0.3 is 0 Å². The number of benzene rings is 1. The van der Waals surface area contributed by atoms with Crippen LogP contribution in [0.5, 0.6) is 0 Å². The molecule has 20 heavy (non-hydrogen) atoms. The van der Waals surface area contributed by atoms with E-state index in [1.54, 1.807) is 0 Å². The van der Waals surface area contributed by atoms with E-state index in [4.69, 9.17) is 16.3 Å². The van der Waals surface area contributed by atoms with Crippen molar-refractivity contribution in [2.45, 2.75) is 44.8 Å². The Bertz CT molecular complexity index is 434. The van der Waals surface area contributed by atoms with Crippen LogP contribution >= 0.6 is 11.6 Å². The van der Waals surface area contributed by atoms with Crippen molar-refractivity contribution in [1.29, 1.82) is 0 Å². The van der Waals surface area contributed by atoms with E-state index in [1.807, 2.05) is 12.1 Å². The lowest BCUT2D eigenvalue weighted by Crippen LogP contribution is -2.34. The second kappa shape index (κ2) is 7.19. The SMILES string of the molecule is CCCC1CC(Nc2cc(Cl)ccc2N(C)C)CCO1. The molecule has 1 aromatic rings. The Kier molecular flexibility index (Phi) is 5.55. The van der Waals surface area contributed by atoms with Crippen LogP contribution in [-0.4, -0.2) is 32.8 Å². The molecule has 2 rings (SSSR count). The fourth-order valence-corrected chi connectivity index (χ4v) is 2.94. The molecule has 0 bridgehead atoms. The van der Waals surface area contributed by atoms with Crippen molar-refractivity contribution in [2.75, 3.05) is 30.9 Å². The Balaban J connectivity index is 2.07. The van der Waals surface area contributed by atoms with E-state index in [-0.39, 0.29) is 0 Å². The molecule has 0 spiro atoms. The van der Waals surface area contributed by atoms with Crippen LogP contribution in [0, 0.1) is 0 Å². The number of anilines is 2. The van der Waals surface area contributed by atoms with E-state index in [0.29, 0.717) is 12.1 Å². The lowest BCUT2D eigenvalue weighted by atomic mass is 9.99. The number of nitrogens with one attached hydrogen (secondary N) is 1. The maximum Gasteiger partial charge on any atom is 0.0597 e. The average Bonchev–Trinajstić information content (AvgIpc) is 2.39. The van der Waals surface area contributed by atoms with Gasteiger partial charge in [-0.3, -0.25) is 0 Å². The lowest BCUT2D eigenvalue weighted by molar-refractivity contribution is 0.00598. The van der Waals surface area contributed by atoms with Gasteiger partial charge in [-0.05, 0) is 37.5 Å². The van der Waals surface area contributed by atoms with E-state index >= 15 is 0 Å². The van der Waals surface area contributed by atoms with Gasteiger partial charge < -0.3 is 15.0 Å². The van der Waals surface area contributed by atoms with Gasteiger partial charge in [-0.15, -0.1) is 0 Å². The van der Waals surface area contributed by atoms with Crippen molar-refractivity contribution in [2.24, 2.45) is 0 Å². The van der Waals surface area contributed by atoms with Crippen LogP contribution in [0.15, 0.2) is 18.2 Å². The van der Waals surface area contributed by atoms with Crippen LogP contribution in [-0.2, 0) is 4.74 Å². The van der Waals surface area contributed by atoms with Gasteiger partial charge in [0.1, 0.15) is 0 Å². The Hall–Kier alpha value is -0.930. The Labute approximate surface area is 127 Å². The van der Waals surface area contributed by atoms with Crippen LogP contribution in [0.2, 0.25) is 5.02 Å². The Morgan fingerprint density at radius 1 is 1.40 bits per heavy atom. The first-order valence-corrected chi connectivity index (χ1v) is 7.83. The number of halogens is 1. The van der Waals surface area contributed by atoms with Crippen molar-refractivity contribution in [3.8, 4) is 0 Å². The molecule has 0 amide bonds. The molecule has 0 aromatic heterocycles. The third kappa shape index (κ3) is 4.03. The van der Waals surface area contributed by atoms with Gasteiger partial charge in [0.05, 0.1) is 17.5 Å². The van der Waals surface area contributed by atoms with E-state index in [9.17, 15) is 0 Å². The van der Waals surface area contributed by atoms with E-state index in [0.717, 1.165) is 36.6 Å². The molecule has 2 unspecified atom stereocenters. The van der Waals surface area contributed by atoms with Crippen LogP contribution in [0.1, 0.15) is 32.6 Å². The molecule has 2 atom stereocenters. The Morgan fingerprint density at radius 2 is 2.20 bits per heavy atom. The quantitative estimate of drug-likeness (QED) is 0.883. The molecule has 4 heteroatoms. The fourth-order valence-electron chi connectivity index (χ4n) is 2.77. The molecule has 1 fully saturated rings. The zero-order valence-electron chi connectivity index (χ0n) is 12.7. The molecule has 112 valence electrons. The van der Waals surface area contributed by atoms with Crippen LogP contribution in [0.3, 0.4) is 0 Å². The minimum Gasteiger partial charge on any atom is -0.380 e. The molecule has 0 radical (unpaired) electrons. The van der Waals surface area contributed by atoms with Gasteiger partial charge in [0.25, 0.3) is 0 Å². The first kappa shape index (κ1) is 15.5. The monoisotopic (exact) mass is 296 g/mol. The van der Waals surface area contributed by atoms with E-state index < -0.39 is 0 Å². The molecule has 1 aliphatic heterocycles. The maximum atomic E-state index is 6.13. The number of nitrogens with zero attached hydrogens (tertiary/aromatic N) is 1. The zero-order valence-corrected chi connectivity index (χ0v) is 13.4. The second-order valence-electron chi connectivity index (χ2n) is 5.70. The molecule has 1 saturated heterocycles. The molecule has 1 aliphatic rings. The molecule has 0 aliphatic carbocycles. The molecule has 3 nitrogen and oxygen atoms in total. The summed E-state index contributed by atoms with van der Waals surface area (Å²) in [6.45, 7) is 3.06. The zero-order chi connectivity index (χ0) is 14.5. The number of hydrogen-bond donors (Lipinski definition) is 1. The molecular formula is C16H25ClN2O. The summed E-state index contributed by atoms with van der Waals surface area (Å²) >= 11 is 6.13. The second-order valence-corrected chi connectivity index (χ2v) is 6.14. The van der Waals surface area contributed by atoms with Crippen LogP contribution < -0.4 is 10.2 Å². The average molecular weight is 297 g/mol. The van der Waals surface area contributed by atoms with Crippen molar-refractivity contribution in [1.82, 2.24) is 0 Å². The summed E-state index contributed by atoms with van der Waals surface area (Å²) in [5, 5.41) is 4.43. The minimum absolute atomic E-state index is 0.397. The molecule has 1 heterocycles. The third-order valence-corrected chi connectivity index (χ3v) is 4.01. The van der Waals surface area contributed by atoms with Gasteiger partial charge in [-0.1, -0.05) is 24.9 Å². The normalized spacial score (nSPS) is 22.6. The molecule has 1 aromatic carbocycles. The highest BCUT2D eigenvalue weighted by atomic mass is 35.5. The summed E-state index contributed by atoms with van der Waals surface area (Å²) in [7, 11) is 4.11. The summed E-state index contributed by atoms with van der Waals surface area (Å²) in [6.07, 6.45) is 4.85. The van der Waals surface area contributed by atoms with Crippen LogP contribution in [0.25, 0.3) is 0 Å². The summed E-state index contributed by atoms with van der Waals surface area (Å²) in [6, 6.07) is 6.48. The summed E-state index contributed by atoms with van der Waals surface area (Å²) in [5.41, 5.74) is 2.29. The van der Waals surface area contributed by atoms with Crippen molar-refractivity contribution in [3.63, 3.8) is 0 Å². The van der Waals surface area contributed by atoms with Crippen molar-refractivity contribution < 1.29 is 4.74 Å². The lowest BCUT2D eigenvalue weighted by Gasteiger charge is -2.32. The predicted octanol–water partition coefficient (Wildman–Crippen LogP) is 4.17. The molecular weight excluding hydrogens is 272 g/mol. The Morgan fingerprint density at radius 3 is 2.90 bits per heavy atom. The van der Waals surface area contributed by atoms with Gasteiger partial charge in [0.15, 0.2) is 0 Å². The third-order valence-electron chi connectivity index (χ3n) is 3.78. The summed E-state index contributed by atoms with van der Waals surface area (Å²) < 4.78 is 5.81. The summed E-state index contributed by atoms with van der Waals surface area (Å²) in [5.74, 6) is 0. The smallest absolute Gasteiger partial charge is 0.0597 e. The fraction of sp³-hybridized carbons (Fsp3) is 0.625. The first-order chi connectivity index (χ1) is 9.60. The summed E-state index contributed by atoms with van der Waals surface area (Å²) in [4.78, 5) is 2.11. The highest BCUT2D eigenvalue weighted by Gasteiger charge is 2.22. The van der Waals surface area contributed by atoms with Gasteiger partial charge in [-0.2, -0.15) is 0 Å². The number of hydrogen-bond acceptors (Lipinski definition) is 3. The van der Waals surface area contributed by atoms with Gasteiger partial charge in [0.2, 0.25) is 0 Å². The first-order valence-electron chi connectivity index (χ1n) is 7.45. The van der Waals surface area contributed by atoms with Gasteiger partial charge in [-0.25, -0.2) is 0 Å². The standard InChI is InChI=1S/C16H25ClN2O/c1-4-5-14-11-13(8-9-20-14)18-15-10-12(17)6-7-16(15)19(2)3/h6-7,10,13-14,18H,4-5,8-9,11H2,1-3H3. The predicted molar refractivity (Wildman–Crippen MR) is 87.1 cm³/mol. The number of rotatable bonds is 5. The molecule has 1 N–H and O–H groups in total. The van der Waals surface area contributed by atoms with Gasteiger partial charge in [0, 0.05) is 31.8 Å². The highest BCUT2D eigenvalue weighted by molar-refractivity contribution is 6.31. The molecule has 0 saturated carbocycles. The van der Waals surface area contributed by atoms with Crippen molar-refractivity contribution >= 4 is 23.0 Å². The largest absolute Gasteiger partial charge is 0.380 e. The van der Waals surface area contributed by atoms with Crippen molar-refractivity contribution in [3.05, 3.63) is 23.2 Å². The van der Waals surface area contributed by atoms with Crippen LogP contribution in [0.4, 0.5) is 11.4 Å².